The van der Waals surface area contributed by atoms with E-state index in [9.17, 15) is 14.7 Å². The first-order chi connectivity index (χ1) is 13.6. The second-order valence-corrected chi connectivity index (χ2v) is 7.08. The van der Waals surface area contributed by atoms with Crippen LogP contribution in [0.25, 0.3) is 21.8 Å². The van der Waals surface area contributed by atoms with Crippen molar-refractivity contribution in [3.63, 3.8) is 0 Å². The number of aryl methyl sites for hydroxylation is 1. The highest BCUT2D eigenvalue weighted by molar-refractivity contribution is 6.08. The predicted octanol–water partition coefficient (Wildman–Crippen LogP) is 4.41. The number of hydrogen-bond acceptors (Lipinski definition) is 3. The van der Waals surface area contributed by atoms with E-state index < -0.39 is 24.0 Å². The number of carbonyl (C=O) groups is 2. The Bertz CT molecular complexity index is 1270. The lowest BCUT2D eigenvalue weighted by molar-refractivity contribution is -0.142. The predicted molar refractivity (Wildman–Crippen MR) is 105 cm³/mol. The third-order valence-electron chi connectivity index (χ3n) is 5.58. The SMILES string of the molecule is Cn1c2ccccc2c2cc([C@H]3OC(=O)c4ccccc4[C@@H]3C(=O)O)ccc21. The van der Waals surface area contributed by atoms with E-state index in [0.29, 0.717) is 16.7 Å². The Morgan fingerprint density at radius 1 is 0.964 bits per heavy atom. The molecule has 5 rings (SSSR count). The molecule has 1 aliphatic heterocycles. The Hall–Kier alpha value is -3.60. The molecule has 138 valence electrons. The number of carboxylic acids is 1. The minimum Gasteiger partial charge on any atom is -0.481 e. The van der Waals surface area contributed by atoms with Crippen LogP contribution in [-0.2, 0) is 16.6 Å². The molecule has 2 atom stereocenters. The van der Waals surface area contributed by atoms with Crippen LogP contribution in [0.3, 0.4) is 0 Å². The smallest absolute Gasteiger partial charge is 0.339 e. The lowest BCUT2D eigenvalue weighted by atomic mass is 9.84. The molecule has 2 heterocycles. The minimum absolute atomic E-state index is 0.317. The molecule has 1 aliphatic rings. The fraction of sp³-hybridized carbons (Fsp3) is 0.130. The van der Waals surface area contributed by atoms with Crippen molar-refractivity contribution in [2.24, 2.45) is 7.05 Å². The maximum Gasteiger partial charge on any atom is 0.339 e. The molecular formula is C23H17NO4. The zero-order chi connectivity index (χ0) is 19.4. The summed E-state index contributed by atoms with van der Waals surface area (Å²) in [5, 5.41) is 12.0. The highest BCUT2D eigenvalue weighted by Crippen LogP contribution is 2.42. The summed E-state index contributed by atoms with van der Waals surface area (Å²) in [5.41, 5.74) is 3.63. The Morgan fingerprint density at radius 2 is 1.68 bits per heavy atom. The third kappa shape index (κ3) is 2.26. The standard InChI is InChI=1S/C23H17NO4/c1-24-18-9-5-4-6-14(18)17-12-13(10-11-19(17)24)21-20(22(25)26)15-7-2-3-8-16(15)23(27)28-21/h2-12,20-21H,1H3,(H,25,26)/t20-,21+/m0/s1. The number of aliphatic carboxylic acids is 1. The van der Waals surface area contributed by atoms with Crippen molar-refractivity contribution in [3.05, 3.63) is 83.4 Å². The number of carbonyl (C=O) groups excluding carboxylic acids is 1. The van der Waals surface area contributed by atoms with Crippen molar-refractivity contribution in [2.75, 3.05) is 0 Å². The van der Waals surface area contributed by atoms with Crippen molar-refractivity contribution in [1.82, 2.24) is 4.57 Å². The zero-order valence-corrected chi connectivity index (χ0v) is 15.1. The van der Waals surface area contributed by atoms with Crippen molar-refractivity contribution in [1.29, 1.82) is 0 Å². The topological polar surface area (TPSA) is 68.5 Å². The van der Waals surface area contributed by atoms with Gasteiger partial charge in [-0.1, -0.05) is 42.5 Å². The number of carboxylic acid groups (broad SMARTS) is 1. The average Bonchev–Trinajstić information content (AvgIpc) is 3.00. The van der Waals surface area contributed by atoms with Gasteiger partial charge in [0.15, 0.2) is 0 Å². The van der Waals surface area contributed by atoms with Crippen LogP contribution in [0.5, 0.6) is 0 Å². The number of ether oxygens (including phenoxy) is 1. The van der Waals surface area contributed by atoms with Gasteiger partial charge in [0.25, 0.3) is 0 Å². The van der Waals surface area contributed by atoms with Gasteiger partial charge in [-0.2, -0.15) is 0 Å². The zero-order valence-electron chi connectivity index (χ0n) is 15.1. The second kappa shape index (κ2) is 5.96. The van der Waals surface area contributed by atoms with Gasteiger partial charge in [-0.25, -0.2) is 4.79 Å². The van der Waals surface area contributed by atoms with Gasteiger partial charge in [0, 0.05) is 28.9 Å². The van der Waals surface area contributed by atoms with Crippen molar-refractivity contribution < 1.29 is 19.4 Å². The number of para-hydroxylation sites is 1. The number of rotatable bonds is 2. The second-order valence-electron chi connectivity index (χ2n) is 7.08. The Labute approximate surface area is 160 Å². The number of cyclic esters (lactones) is 1. The van der Waals surface area contributed by atoms with Crippen LogP contribution in [0.4, 0.5) is 0 Å². The molecular weight excluding hydrogens is 354 g/mol. The summed E-state index contributed by atoms with van der Waals surface area (Å²) >= 11 is 0. The molecule has 1 N–H and O–H groups in total. The molecule has 1 aromatic heterocycles. The van der Waals surface area contributed by atoms with E-state index in [4.69, 9.17) is 4.74 Å². The summed E-state index contributed by atoms with van der Waals surface area (Å²) in [5.74, 6) is -2.44. The fourth-order valence-corrected chi connectivity index (χ4v) is 4.25. The summed E-state index contributed by atoms with van der Waals surface area (Å²) in [7, 11) is 2.00. The molecule has 0 fully saturated rings. The molecule has 0 saturated heterocycles. The van der Waals surface area contributed by atoms with Gasteiger partial charge in [0.1, 0.15) is 12.0 Å². The molecule has 0 amide bonds. The van der Waals surface area contributed by atoms with Crippen LogP contribution in [0.15, 0.2) is 66.7 Å². The summed E-state index contributed by atoms with van der Waals surface area (Å²) in [6.07, 6.45) is -0.872. The van der Waals surface area contributed by atoms with Crippen molar-refractivity contribution in [2.45, 2.75) is 12.0 Å². The first-order valence-corrected chi connectivity index (χ1v) is 9.06. The fourth-order valence-electron chi connectivity index (χ4n) is 4.25. The number of esters is 1. The van der Waals surface area contributed by atoms with Gasteiger partial charge in [-0.15, -0.1) is 0 Å². The maximum atomic E-state index is 12.5. The molecule has 0 aliphatic carbocycles. The van der Waals surface area contributed by atoms with Crippen molar-refractivity contribution in [3.8, 4) is 0 Å². The molecule has 0 bridgehead atoms. The number of aromatic nitrogens is 1. The summed E-state index contributed by atoms with van der Waals surface area (Å²) in [6.45, 7) is 0. The highest BCUT2D eigenvalue weighted by Gasteiger charge is 2.41. The van der Waals surface area contributed by atoms with Gasteiger partial charge >= 0.3 is 11.9 Å². The molecule has 0 spiro atoms. The Kier molecular flexibility index (Phi) is 3.52. The van der Waals surface area contributed by atoms with E-state index in [1.807, 2.05) is 49.5 Å². The number of fused-ring (bicyclic) bond motifs is 4. The minimum atomic E-state index is -1.01. The van der Waals surface area contributed by atoms with E-state index in [1.54, 1.807) is 24.3 Å². The summed E-state index contributed by atoms with van der Waals surface area (Å²) < 4.78 is 7.72. The Morgan fingerprint density at radius 3 is 2.50 bits per heavy atom. The molecule has 28 heavy (non-hydrogen) atoms. The maximum absolute atomic E-state index is 12.5. The highest BCUT2D eigenvalue weighted by atomic mass is 16.5. The molecule has 0 unspecified atom stereocenters. The van der Waals surface area contributed by atoms with Gasteiger partial charge < -0.3 is 14.4 Å². The van der Waals surface area contributed by atoms with E-state index in [1.165, 1.54) is 0 Å². The van der Waals surface area contributed by atoms with Crippen LogP contribution >= 0.6 is 0 Å². The van der Waals surface area contributed by atoms with Crippen LogP contribution in [0.2, 0.25) is 0 Å². The first kappa shape index (κ1) is 16.6. The van der Waals surface area contributed by atoms with Crippen LogP contribution in [0, 0.1) is 0 Å². The van der Waals surface area contributed by atoms with Gasteiger partial charge in [0.2, 0.25) is 0 Å². The average molecular weight is 371 g/mol. The monoisotopic (exact) mass is 371 g/mol. The number of hydrogen-bond donors (Lipinski definition) is 1. The molecule has 5 nitrogen and oxygen atoms in total. The van der Waals surface area contributed by atoms with Crippen LogP contribution in [-0.4, -0.2) is 21.6 Å². The quantitative estimate of drug-likeness (QED) is 0.530. The molecule has 0 saturated carbocycles. The lowest BCUT2D eigenvalue weighted by Crippen LogP contribution is -2.31. The normalized spacial score (nSPS) is 18.8. The Balaban J connectivity index is 1.72. The lowest BCUT2D eigenvalue weighted by Gasteiger charge is -2.30. The van der Waals surface area contributed by atoms with Crippen LogP contribution < -0.4 is 0 Å². The number of benzene rings is 3. The number of nitrogens with zero attached hydrogens (tertiary/aromatic N) is 1. The molecule has 4 aromatic rings. The largest absolute Gasteiger partial charge is 0.481 e. The van der Waals surface area contributed by atoms with E-state index >= 15 is 0 Å². The third-order valence-corrected chi connectivity index (χ3v) is 5.58. The van der Waals surface area contributed by atoms with Gasteiger partial charge in [-0.05, 0) is 35.4 Å². The first-order valence-electron chi connectivity index (χ1n) is 9.06. The molecule has 5 heteroatoms. The van der Waals surface area contributed by atoms with E-state index in [2.05, 4.69) is 4.57 Å². The van der Waals surface area contributed by atoms with E-state index in [-0.39, 0.29) is 0 Å². The van der Waals surface area contributed by atoms with Crippen molar-refractivity contribution >= 4 is 33.7 Å². The molecule has 3 aromatic carbocycles. The van der Waals surface area contributed by atoms with Gasteiger partial charge in [0.05, 0.1) is 5.56 Å². The molecule has 0 radical (unpaired) electrons. The van der Waals surface area contributed by atoms with Gasteiger partial charge in [-0.3, -0.25) is 4.79 Å². The van der Waals surface area contributed by atoms with Crippen LogP contribution in [0.1, 0.15) is 33.5 Å². The summed E-state index contributed by atoms with van der Waals surface area (Å²) in [4.78, 5) is 24.6. The van der Waals surface area contributed by atoms with E-state index in [0.717, 1.165) is 21.8 Å². The summed E-state index contributed by atoms with van der Waals surface area (Å²) in [6, 6.07) is 20.6.